The summed E-state index contributed by atoms with van der Waals surface area (Å²) in [6.45, 7) is 1.01. The maximum atomic E-state index is 11.6. The quantitative estimate of drug-likeness (QED) is 0.782. The van der Waals surface area contributed by atoms with Gasteiger partial charge in [-0.25, -0.2) is 0 Å². The molecule has 1 amide bonds. The van der Waals surface area contributed by atoms with E-state index in [0.29, 0.717) is 13.2 Å². The first-order valence-electron chi connectivity index (χ1n) is 6.28. The van der Waals surface area contributed by atoms with E-state index in [-0.39, 0.29) is 12.5 Å². The average molecular weight is 249 g/mol. The van der Waals surface area contributed by atoms with Crippen molar-refractivity contribution in [2.75, 3.05) is 32.2 Å². The minimum atomic E-state index is -0.121. The minimum absolute atomic E-state index is 0.0699. The summed E-state index contributed by atoms with van der Waals surface area (Å²) in [5.74, 6) is -0.121. The van der Waals surface area contributed by atoms with Gasteiger partial charge < -0.3 is 14.8 Å². The smallest absolute Gasteiger partial charge is 0.250 e. The van der Waals surface area contributed by atoms with Crippen LogP contribution in [0.4, 0.5) is 5.69 Å². The Hall–Kier alpha value is -1.39. The molecule has 1 aliphatic rings. The van der Waals surface area contributed by atoms with Crippen LogP contribution in [-0.2, 0) is 27.1 Å². The average Bonchev–Trinajstić information content (AvgIpc) is 2.82. The van der Waals surface area contributed by atoms with Gasteiger partial charge in [-0.3, -0.25) is 4.79 Å². The Balaban J connectivity index is 1.80. The lowest BCUT2D eigenvalue weighted by molar-refractivity contribution is -0.121. The third-order valence-corrected chi connectivity index (χ3v) is 3.05. The molecule has 4 nitrogen and oxygen atoms in total. The molecule has 4 heteroatoms. The van der Waals surface area contributed by atoms with E-state index in [2.05, 4.69) is 17.4 Å². The second-order valence-electron chi connectivity index (χ2n) is 4.43. The normalized spacial score (nSPS) is 13.4. The van der Waals surface area contributed by atoms with E-state index in [0.717, 1.165) is 18.5 Å². The molecule has 2 rings (SSSR count). The predicted octanol–water partition coefficient (Wildman–Crippen LogP) is 1.78. The van der Waals surface area contributed by atoms with Crippen LogP contribution in [0.5, 0.6) is 0 Å². The van der Waals surface area contributed by atoms with Gasteiger partial charge >= 0.3 is 0 Å². The topological polar surface area (TPSA) is 47.6 Å². The lowest BCUT2D eigenvalue weighted by Gasteiger charge is -2.08. The van der Waals surface area contributed by atoms with E-state index in [1.165, 1.54) is 17.5 Å². The van der Waals surface area contributed by atoms with Crippen LogP contribution in [0.3, 0.4) is 0 Å². The lowest BCUT2D eigenvalue weighted by Crippen LogP contribution is -2.19. The van der Waals surface area contributed by atoms with Gasteiger partial charge in [0.05, 0.1) is 13.2 Å². The van der Waals surface area contributed by atoms with Crippen LogP contribution in [-0.4, -0.2) is 32.8 Å². The van der Waals surface area contributed by atoms with E-state index >= 15 is 0 Å². The zero-order valence-corrected chi connectivity index (χ0v) is 10.7. The maximum absolute atomic E-state index is 11.6. The molecule has 0 bridgehead atoms. The zero-order valence-electron chi connectivity index (χ0n) is 10.7. The summed E-state index contributed by atoms with van der Waals surface area (Å²) in [6.07, 6.45) is 3.49. The molecule has 0 unspecified atom stereocenters. The molecule has 0 spiro atoms. The number of hydrogen-bond acceptors (Lipinski definition) is 3. The van der Waals surface area contributed by atoms with Crippen molar-refractivity contribution in [1.82, 2.24) is 0 Å². The molecule has 0 saturated carbocycles. The van der Waals surface area contributed by atoms with Gasteiger partial charge in [0.1, 0.15) is 6.61 Å². The molecular formula is C14H19NO3. The number of fused-ring (bicyclic) bond motifs is 1. The highest BCUT2D eigenvalue weighted by Crippen LogP contribution is 2.24. The second kappa shape index (κ2) is 6.52. The van der Waals surface area contributed by atoms with Gasteiger partial charge in [0, 0.05) is 12.8 Å². The Bertz CT molecular complexity index is 418. The minimum Gasteiger partial charge on any atom is -0.382 e. The van der Waals surface area contributed by atoms with Gasteiger partial charge in [0.25, 0.3) is 0 Å². The largest absolute Gasteiger partial charge is 0.382 e. The van der Waals surface area contributed by atoms with Crippen molar-refractivity contribution >= 4 is 11.6 Å². The summed E-state index contributed by atoms with van der Waals surface area (Å²) in [6, 6.07) is 6.12. The fourth-order valence-electron chi connectivity index (χ4n) is 2.15. The lowest BCUT2D eigenvalue weighted by atomic mass is 10.1. The van der Waals surface area contributed by atoms with Crippen molar-refractivity contribution in [2.24, 2.45) is 0 Å². The summed E-state index contributed by atoms with van der Waals surface area (Å²) < 4.78 is 10.00. The zero-order chi connectivity index (χ0) is 12.8. The van der Waals surface area contributed by atoms with Crippen LogP contribution in [0.2, 0.25) is 0 Å². The molecule has 0 aromatic heterocycles. The number of rotatable bonds is 6. The summed E-state index contributed by atoms with van der Waals surface area (Å²) in [5, 5.41) is 2.84. The molecule has 1 aliphatic carbocycles. The van der Waals surface area contributed by atoms with E-state index in [9.17, 15) is 4.79 Å². The molecule has 1 N–H and O–H groups in total. The monoisotopic (exact) mass is 249 g/mol. The third kappa shape index (κ3) is 3.55. The first kappa shape index (κ1) is 13.1. The molecule has 0 saturated heterocycles. The number of benzene rings is 1. The Morgan fingerprint density at radius 1 is 1.28 bits per heavy atom. The number of carbonyl (C=O) groups is 1. The molecule has 0 radical (unpaired) electrons. The molecule has 98 valence electrons. The number of ether oxygens (including phenoxy) is 2. The van der Waals surface area contributed by atoms with Crippen LogP contribution < -0.4 is 5.32 Å². The van der Waals surface area contributed by atoms with E-state index in [1.807, 2.05) is 6.07 Å². The Morgan fingerprint density at radius 2 is 2.11 bits per heavy atom. The molecule has 1 aromatic rings. The van der Waals surface area contributed by atoms with E-state index < -0.39 is 0 Å². The van der Waals surface area contributed by atoms with E-state index in [4.69, 9.17) is 9.47 Å². The summed E-state index contributed by atoms with van der Waals surface area (Å²) in [7, 11) is 1.61. The van der Waals surface area contributed by atoms with Crippen LogP contribution in [0.15, 0.2) is 18.2 Å². The SMILES string of the molecule is COCCOCC(=O)Nc1ccc2c(c1)CCC2. The molecule has 0 atom stereocenters. The van der Waals surface area contributed by atoms with Crippen molar-refractivity contribution in [3.8, 4) is 0 Å². The predicted molar refractivity (Wildman–Crippen MR) is 69.8 cm³/mol. The Labute approximate surface area is 107 Å². The molecule has 0 heterocycles. The Kier molecular flexibility index (Phi) is 4.73. The van der Waals surface area contributed by atoms with Crippen LogP contribution in [0.25, 0.3) is 0 Å². The van der Waals surface area contributed by atoms with Gasteiger partial charge in [-0.2, -0.15) is 0 Å². The second-order valence-corrected chi connectivity index (χ2v) is 4.43. The number of nitrogens with one attached hydrogen (secondary N) is 1. The molecule has 18 heavy (non-hydrogen) atoms. The number of hydrogen-bond donors (Lipinski definition) is 1. The highest BCUT2D eigenvalue weighted by atomic mass is 16.5. The Morgan fingerprint density at radius 3 is 2.94 bits per heavy atom. The summed E-state index contributed by atoms with van der Waals surface area (Å²) in [5.41, 5.74) is 3.62. The molecule has 0 fully saturated rings. The number of amides is 1. The van der Waals surface area contributed by atoms with E-state index in [1.54, 1.807) is 7.11 Å². The fraction of sp³-hybridized carbons (Fsp3) is 0.500. The third-order valence-electron chi connectivity index (χ3n) is 3.05. The molecular weight excluding hydrogens is 230 g/mol. The number of methoxy groups -OCH3 is 1. The number of carbonyl (C=O) groups excluding carboxylic acids is 1. The van der Waals surface area contributed by atoms with Gasteiger partial charge in [-0.1, -0.05) is 6.07 Å². The summed E-state index contributed by atoms with van der Waals surface area (Å²) in [4.78, 5) is 11.6. The molecule has 1 aromatic carbocycles. The standard InChI is InChI=1S/C14H19NO3/c1-17-7-8-18-10-14(16)15-13-6-5-11-3-2-4-12(11)9-13/h5-6,9H,2-4,7-8,10H2,1H3,(H,15,16). The fourth-order valence-corrected chi connectivity index (χ4v) is 2.15. The van der Waals surface area contributed by atoms with Crippen LogP contribution in [0, 0.1) is 0 Å². The first-order chi connectivity index (χ1) is 8.79. The van der Waals surface area contributed by atoms with Gasteiger partial charge in [0.15, 0.2) is 0 Å². The maximum Gasteiger partial charge on any atom is 0.250 e. The number of anilines is 1. The van der Waals surface area contributed by atoms with Gasteiger partial charge in [-0.15, -0.1) is 0 Å². The van der Waals surface area contributed by atoms with Gasteiger partial charge in [-0.05, 0) is 42.5 Å². The van der Waals surface area contributed by atoms with Gasteiger partial charge in [0.2, 0.25) is 5.91 Å². The highest BCUT2D eigenvalue weighted by Gasteiger charge is 2.11. The number of aryl methyl sites for hydroxylation is 2. The van der Waals surface area contributed by atoms with Crippen LogP contribution >= 0.6 is 0 Å². The van der Waals surface area contributed by atoms with Crippen LogP contribution in [0.1, 0.15) is 17.5 Å². The van der Waals surface area contributed by atoms with Crippen molar-refractivity contribution in [3.05, 3.63) is 29.3 Å². The first-order valence-corrected chi connectivity index (χ1v) is 6.28. The molecule has 0 aliphatic heterocycles. The van der Waals surface area contributed by atoms with Crippen molar-refractivity contribution < 1.29 is 14.3 Å². The summed E-state index contributed by atoms with van der Waals surface area (Å²) >= 11 is 0. The van der Waals surface area contributed by atoms with Crippen molar-refractivity contribution in [1.29, 1.82) is 0 Å². The highest BCUT2D eigenvalue weighted by molar-refractivity contribution is 5.91. The van der Waals surface area contributed by atoms with Crippen molar-refractivity contribution in [3.63, 3.8) is 0 Å². The van der Waals surface area contributed by atoms with Crippen molar-refractivity contribution in [2.45, 2.75) is 19.3 Å².